The lowest BCUT2D eigenvalue weighted by Gasteiger charge is -2.13. The Bertz CT molecular complexity index is 853. The number of halogens is 1. The second kappa shape index (κ2) is 9.26. The van der Waals surface area contributed by atoms with E-state index in [1.54, 1.807) is 12.1 Å². The third-order valence-corrected chi connectivity index (χ3v) is 5.63. The van der Waals surface area contributed by atoms with Crippen LogP contribution in [-0.2, 0) is 16.4 Å². The highest BCUT2D eigenvalue weighted by atomic mass is 35.5. The fourth-order valence-corrected chi connectivity index (χ4v) is 4.11. The van der Waals surface area contributed by atoms with Crippen molar-refractivity contribution in [1.82, 2.24) is 4.72 Å². The predicted octanol–water partition coefficient (Wildman–Crippen LogP) is 3.97. The zero-order chi connectivity index (χ0) is 19.2. The maximum absolute atomic E-state index is 12.4. The minimum Gasteiger partial charge on any atom is -0.490 e. The van der Waals surface area contributed by atoms with E-state index in [0.717, 1.165) is 11.1 Å². The van der Waals surface area contributed by atoms with Crippen LogP contribution in [0.2, 0.25) is 5.02 Å². The quantitative estimate of drug-likeness (QED) is 0.695. The molecule has 0 amide bonds. The molecule has 0 spiro atoms. The van der Waals surface area contributed by atoms with Crippen molar-refractivity contribution in [2.24, 2.45) is 0 Å². The van der Waals surface area contributed by atoms with E-state index in [-0.39, 0.29) is 16.5 Å². The second-order valence-electron chi connectivity index (χ2n) is 5.73. The molecule has 1 N–H and O–H groups in total. The molecule has 0 atom stereocenters. The van der Waals surface area contributed by atoms with Gasteiger partial charge in [0.1, 0.15) is 4.90 Å². The van der Waals surface area contributed by atoms with Crippen LogP contribution in [0.4, 0.5) is 0 Å². The van der Waals surface area contributed by atoms with Crippen LogP contribution in [0, 0.1) is 6.92 Å². The molecular weight excluding hydrogens is 374 g/mol. The second-order valence-corrected chi connectivity index (χ2v) is 7.87. The molecule has 0 radical (unpaired) electrons. The molecule has 2 aromatic carbocycles. The summed E-state index contributed by atoms with van der Waals surface area (Å²) in [6.45, 7) is 7.01. The summed E-state index contributed by atoms with van der Waals surface area (Å²) in [5, 5.41) is 0.220. The minimum absolute atomic E-state index is 0.0893. The van der Waals surface area contributed by atoms with Gasteiger partial charge in [-0.05, 0) is 62.6 Å². The molecule has 0 bridgehead atoms. The highest BCUT2D eigenvalue weighted by Crippen LogP contribution is 2.28. The minimum atomic E-state index is -3.65. The average Bonchev–Trinajstić information content (AvgIpc) is 2.57. The number of ether oxygens (including phenoxy) is 2. The zero-order valence-electron chi connectivity index (χ0n) is 15.2. The van der Waals surface area contributed by atoms with Crippen LogP contribution in [0.1, 0.15) is 25.0 Å². The normalized spacial score (nSPS) is 11.4. The van der Waals surface area contributed by atoms with Crippen molar-refractivity contribution >= 4 is 21.6 Å². The number of nitrogens with one attached hydrogen (secondary N) is 1. The summed E-state index contributed by atoms with van der Waals surface area (Å²) in [4.78, 5) is 0.0893. The van der Waals surface area contributed by atoms with Crippen LogP contribution < -0.4 is 14.2 Å². The van der Waals surface area contributed by atoms with Gasteiger partial charge in [-0.1, -0.05) is 23.7 Å². The van der Waals surface area contributed by atoms with Gasteiger partial charge in [0.25, 0.3) is 0 Å². The lowest BCUT2D eigenvalue weighted by Crippen LogP contribution is -2.26. The Morgan fingerprint density at radius 1 is 1.00 bits per heavy atom. The third kappa shape index (κ3) is 5.37. The maximum Gasteiger partial charge on any atom is 0.242 e. The largest absolute Gasteiger partial charge is 0.490 e. The number of sulfonamides is 1. The Balaban J connectivity index is 2.05. The van der Waals surface area contributed by atoms with Crippen molar-refractivity contribution < 1.29 is 17.9 Å². The molecule has 0 aromatic heterocycles. The van der Waals surface area contributed by atoms with Crippen molar-refractivity contribution in [1.29, 1.82) is 0 Å². The third-order valence-electron chi connectivity index (χ3n) is 3.69. The summed E-state index contributed by atoms with van der Waals surface area (Å²) in [7, 11) is -3.65. The topological polar surface area (TPSA) is 64.6 Å². The molecule has 26 heavy (non-hydrogen) atoms. The number of hydrogen-bond acceptors (Lipinski definition) is 4. The maximum atomic E-state index is 12.4. The lowest BCUT2D eigenvalue weighted by molar-refractivity contribution is 0.287. The summed E-state index contributed by atoms with van der Waals surface area (Å²) >= 11 is 6.06. The molecular formula is C19H24ClNO4S. The van der Waals surface area contributed by atoms with E-state index in [2.05, 4.69) is 4.72 Å². The molecule has 5 nitrogen and oxygen atoms in total. The number of aryl methyl sites for hydroxylation is 1. The van der Waals surface area contributed by atoms with E-state index in [1.807, 2.05) is 39.0 Å². The zero-order valence-corrected chi connectivity index (χ0v) is 16.8. The van der Waals surface area contributed by atoms with E-state index in [0.29, 0.717) is 31.1 Å². The first-order valence-corrected chi connectivity index (χ1v) is 10.4. The summed E-state index contributed by atoms with van der Waals surface area (Å²) in [6.07, 6.45) is 0.523. The van der Waals surface area contributed by atoms with Gasteiger partial charge in [0, 0.05) is 6.54 Å². The van der Waals surface area contributed by atoms with Gasteiger partial charge in [-0.15, -0.1) is 0 Å². The van der Waals surface area contributed by atoms with E-state index in [9.17, 15) is 8.42 Å². The first kappa shape index (κ1) is 20.6. The molecule has 0 aliphatic carbocycles. The molecule has 0 saturated heterocycles. The molecule has 0 aliphatic rings. The van der Waals surface area contributed by atoms with Crippen molar-refractivity contribution in [3.63, 3.8) is 0 Å². The summed E-state index contributed by atoms with van der Waals surface area (Å²) in [5.74, 6) is 1.35. The van der Waals surface area contributed by atoms with E-state index < -0.39 is 10.0 Å². The van der Waals surface area contributed by atoms with Gasteiger partial charge >= 0.3 is 0 Å². The van der Waals surface area contributed by atoms with Crippen LogP contribution in [-0.4, -0.2) is 28.2 Å². The highest BCUT2D eigenvalue weighted by molar-refractivity contribution is 7.89. The smallest absolute Gasteiger partial charge is 0.242 e. The van der Waals surface area contributed by atoms with E-state index in [1.165, 1.54) is 6.07 Å². The van der Waals surface area contributed by atoms with E-state index in [4.69, 9.17) is 21.1 Å². The fraction of sp³-hybridized carbons (Fsp3) is 0.368. The molecule has 142 valence electrons. The van der Waals surface area contributed by atoms with Gasteiger partial charge < -0.3 is 9.47 Å². The van der Waals surface area contributed by atoms with Crippen molar-refractivity contribution in [2.75, 3.05) is 19.8 Å². The predicted molar refractivity (Wildman–Crippen MR) is 104 cm³/mol. The highest BCUT2D eigenvalue weighted by Gasteiger charge is 2.17. The molecule has 2 rings (SSSR count). The monoisotopic (exact) mass is 397 g/mol. The first-order valence-electron chi connectivity index (χ1n) is 8.51. The Labute approximate surface area is 160 Å². The average molecular weight is 398 g/mol. The molecule has 0 heterocycles. The lowest BCUT2D eigenvalue weighted by atomic mass is 10.1. The first-order chi connectivity index (χ1) is 12.4. The molecule has 0 saturated carbocycles. The fourth-order valence-electron chi connectivity index (χ4n) is 2.48. The Morgan fingerprint density at radius 3 is 2.35 bits per heavy atom. The standard InChI is InChI=1S/C19H24ClNO4S/c1-4-24-17-8-7-15(13-18(17)25-5-2)10-11-21-26(22,23)19-9-6-14(3)12-16(19)20/h6-9,12-13,21H,4-5,10-11H2,1-3H3. The summed E-state index contributed by atoms with van der Waals surface area (Å²) in [5.41, 5.74) is 1.86. The molecule has 7 heteroatoms. The van der Waals surface area contributed by atoms with Gasteiger partial charge in [-0.2, -0.15) is 0 Å². The Morgan fingerprint density at radius 2 is 1.69 bits per heavy atom. The van der Waals surface area contributed by atoms with Gasteiger partial charge in [-0.25, -0.2) is 13.1 Å². The SMILES string of the molecule is CCOc1ccc(CCNS(=O)(=O)c2ccc(C)cc2Cl)cc1OCC. The number of hydrogen-bond donors (Lipinski definition) is 1. The van der Waals surface area contributed by atoms with E-state index >= 15 is 0 Å². The molecule has 0 aliphatic heterocycles. The van der Waals surface area contributed by atoms with Crippen molar-refractivity contribution in [3.8, 4) is 11.5 Å². The van der Waals surface area contributed by atoms with Gasteiger partial charge in [-0.3, -0.25) is 0 Å². The number of benzene rings is 2. The summed E-state index contributed by atoms with van der Waals surface area (Å²) < 4.78 is 38.6. The van der Waals surface area contributed by atoms with Crippen LogP contribution in [0.25, 0.3) is 0 Å². The molecule has 0 fully saturated rings. The Hall–Kier alpha value is -1.76. The summed E-state index contributed by atoms with van der Waals surface area (Å²) in [6, 6.07) is 10.5. The molecule has 2 aromatic rings. The van der Waals surface area contributed by atoms with Gasteiger partial charge in [0.2, 0.25) is 10.0 Å². The van der Waals surface area contributed by atoms with Crippen LogP contribution >= 0.6 is 11.6 Å². The van der Waals surface area contributed by atoms with Crippen molar-refractivity contribution in [3.05, 3.63) is 52.5 Å². The van der Waals surface area contributed by atoms with Crippen LogP contribution in [0.3, 0.4) is 0 Å². The van der Waals surface area contributed by atoms with Gasteiger partial charge in [0.05, 0.1) is 18.2 Å². The van der Waals surface area contributed by atoms with Crippen LogP contribution in [0.5, 0.6) is 11.5 Å². The van der Waals surface area contributed by atoms with Crippen molar-refractivity contribution in [2.45, 2.75) is 32.1 Å². The number of rotatable bonds is 9. The van der Waals surface area contributed by atoms with Crippen LogP contribution in [0.15, 0.2) is 41.3 Å². The Kier molecular flexibility index (Phi) is 7.32. The molecule has 0 unspecified atom stereocenters. The van der Waals surface area contributed by atoms with Gasteiger partial charge in [0.15, 0.2) is 11.5 Å².